The van der Waals surface area contributed by atoms with E-state index in [1.165, 1.54) is 70.9 Å². The first-order valence-corrected chi connectivity index (χ1v) is 7.71. The number of aliphatic hydroxyl groups is 1. The molecule has 1 saturated heterocycles. The fourth-order valence-electron chi connectivity index (χ4n) is 3.55. The van der Waals surface area contributed by atoms with Crippen LogP contribution in [0, 0.1) is 11.8 Å². The SMILES string of the molecule is OC[C@@H]1CCCN(CC2CCCCCCC2)C1. The first-order valence-electron chi connectivity index (χ1n) is 7.71. The Balaban J connectivity index is 1.74. The Morgan fingerprint density at radius 1 is 0.824 bits per heavy atom. The molecule has 2 fully saturated rings. The zero-order valence-electron chi connectivity index (χ0n) is 11.2. The highest BCUT2D eigenvalue weighted by Gasteiger charge is 2.22. The van der Waals surface area contributed by atoms with Gasteiger partial charge < -0.3 is 10.0 Å². The number of hydrogen-bond acceptors (Lipinski definition) is 2. The van der Waals surface area contributed by atoms with Gasteiger partial charge in [-0.2, -0.15) is 0 Å². The Labute approximate surface area is 106 Å². The predicted octanol–water partition coefficient (Wildman–Crippen LogP) is 3.05. The summed E-state index contributed by atoms with van der Waals surface area (Å²) in [7, 11) is 0. The van der Waals surface area contributed by atoms with Crippen LogP contribution in [0.15, 0.2) is 0 Å². The fourth-order valence-corrected chi connectivity index (χ4v) is 3.55. The smallest absolute Gasteiger partial charge is 0.0471 e. The number of hydrogen-bond donors (Lipinski definition) is 1. The summed E-state index contributed by atoms with van der Waals surface area (Å²) in [5.41, 5.74) is 0. The Kier molecular flexibility index (Phi) is 5.79. The van der Waals surface area contributed by atoms with Gasteiger partial charge >= 0.3 is 0 Å². The van der Waals surface area contributed by atoms with Crippen LogP contribution in [0.4, 0.5) is 0 Å². The van der Waals surface area contributed by atoms with Crippen LogP contribution in [0.1, 0.15) is 57.8 Å². The average molecular weight is 239 g/mol. The summed E-state index contributed by atoms with van der Waals surface area (Å²) in [5, 5.41) is 9.27. The van der Waals surface area contributed by atoms with Gasteiger partial charge in [0.2, 0.25) is 0 Å². The predicted molar refractivity (Wildman–Crippen MR) is 72.1 cm³/mol. The molecule has 0 unspecified atom stereocenters. The molecule has 1 aliphatic heterocycles. The topological polar surface area (TPSA) is 23.5 Å². The van der Waals surface area contributed by atoms with Gasteiger partial charge in [-0.05, 0) is 44.1 Å². The van der Waals surface area contributed by atoms with Gasteiger partial charge in [-0.3, -0.25) is 0 Å². The second-order valence-electron chi connectivity index (χ2n) is 6.16. The molecule has 1 saturated carbocycles. The summed E-state index contributed by atoms with van der Waals surface area (Å²) in [5.74, 6) is 1.49. The van der Waals surface area contributed by atoms with E-state index in [0.717, 1.165) is 12.5 Å². The van der Waals surface area contributed by atoms with Crippen molar-refractivity contribution in [1.29, 1.82) is 0 Å². The van der Waals surface area contributed by atoms with Gasteiger partial charge in [0.05, 0.1) is 0 Å². The molecule has 0 amide bonds. The maximum Gasteiger partial charge on any atom is 0.0471 e. The molecule has 17 heavy (non-hydrogen) atoms. The third kappa shape index (κ3) is 4.59. The molecule has 1 heterocycles. The number of aliphatic hydroxyl groups excluding tert-OH is 1. The van der Waals surface area contributed by atoms with E-state index in [1.807, 2.05) is 0 Å². The quantitative estimate of drug-likeness (QED) is 0.818. The Bertz CT molecular complexity index is 199. The van der Waals surface area contributed by atoms with Crippen LogP contribution in [0.25, 0.3) is 0 Å². The lowest BCUT2D eigenvalue weighted by Gasteiger charge is -2.34. The second kappa shape index (κ2) is 7.38. The molecule has 0 aromatic rings. The van der Waals surface area contributed by atoms with Crippen LogP contribution >= 0.6 is 0 Å². The highest BCUT2D eigenvalue weighted by Crippen LogP contribution is 2.25. The van der Waals surface area contributed by atoms with Crippen LogP contribution in [0.5, 0.6) is 0 Å². The van der Waals surface area contributed by atoms with Crippen LogP contribution in [-0.4, -0.2) is 36.2 Å². The normalized spacial score (nSPS) is 29.8. The molecule has 2 heteroatoms. The Hall–Kier alpha value is -0.0800. The van der Waals surface area contributed by atoms with Gasteiger partial charge in [0.1, 0.15) is 0 Å². The molecule has 1 aliphatic carbocycles. The van der Waals surface area contributed by atoms with E-state index < -0.39 is 0 Å². The van der Waals surface area contributed by atoms with Crippen LogP contribution in [-0.2, 0) is 0 Å². The minimum Gasteiger partial charge on any atom is -0.396 e. The third-order valence-electron chi connectivity index (χ3n) is 4.60. The van der Waals surface area contributed by atoms with Gasteiger partial charge in [-0.15, -0.1) is 0 Å². The second-order valence-corrected chi connectivity index (χ2v) is 6.16. The molecule has 0 aromatic heterocycles. The molecule has 2 rings (SSSR count). The van der Waals surface area contributed by atoms with Gasteiger partial charge in [-0.1, -0.05) is 32.1 Å². The van der Waals surface area contributed by atoms with E-state index in [4.69, 9.17) is 0 Å². The lowest BCUT2D eigenvalue weighted by atomic mass is 9.89. The summed E-state index contributed by atoms with van der Waals surface area (Å²) in [6.07, 6.45) is 12.7. The number of piperidine rings is 1. The maximum atomic E-state index is 9.27. The molecule has 1 atom stereocenters. The van der Waals surface area contributed by atoms with Crippen LogP contribution in [0.2, 0.25) is 0 Å². The van der Waals surface area contributed by atoms with Crippen molar-refractivity contribution in [1.82, 2.24) is 4.90 Å². The number of nitrogens with zero attached hydrogens (tertiary/aromatic N) is 1. The van der Waals surface area contributed by atoms with Crippen molar-refractivity contribution >= 4 is 0 Å². The van der Waals surface area contributed by atoms with Crippen molar-refractivity contribution in [3.05, 3.63) is 0 Å². The minimum atomic E-state index is 0.390. The monoisotopic (exact) mass is 239 g/mol. The van der Waals surface area contributed by atoms with Gasteiger partial charge in [0.25, 0.3) is 0 Å². The molecule has 0 bridgehead atoms. The summed E-state index contributed by atoms with van der Waals surface area (Å²) in [6, 6.07) is 0. The van der Waals surface area contributed by atoms with E-state index >= 15 is 0 Å². The number of likely N-dealkylation sites (tertiary alicyclic amines) is 1. The van der Waals surface area contributed by atoms with Gasteiger partial charge in [-0.25, -0.2) is 0 Å². The van der Waals surface area contributed by atoms with Gasteiger partial charge in [0, 0.05) is 19.7 Å². The van der Waals surface area contributed by atoms with E-state index in [1.54, 1.807) is 0 Å². The lowest BCUT2D eigenvalue weighted by molar-refractivity contribution is 0.103. The van der Waals surface area contributed by atoms with E-state index in [0.29, 0.717) is 12.5 Å². The summed E-state index contributed by atoms with van der Waals surface area (Å²) < 4.78 is 0. The van der Waals surface area contributed by atoms with E-state index in [-0.39, 0.29) is 0 Å². The van der Waals surface area contributed by atoms with Crippen molar-refractivity contribution < 1.29 is 5.11 Å². The van der Waals surface area contributed by atoms with Crippen LogP contribution in [0.3, 0.4) is 0 Å². The molecule has 2 nitrogen and oxygen atoms in total. The molecular weight excluding hydrogens is 210 g/mol. The van der Waals surface area contributed by atoms with E-state index in [2.05, 4.69) is 4.90 Å². The van der Waals surface area contributed by atoms with Crippen molar-refractivity contribution in [3.8, 4) is 0 Å². The van der Waals surface area contributed by atoms with Crippen molar-refractivity contribution in [2.45, 2.75) is 57.8 Å². The molecule has 0 radical (unpaired) electrons. The summed E-state index contributed by atoms with van der Waals surface area (Å²) in [4.78, 5) is 2.62. The molecule has 0 spiro atoms. The highest BCUT2D eigenvalue weighted by atomic mass is 16.3. The standard InChI is InChI=1S/C15H29NO/c17-13-15-9-6-10-16(12-15)11-14-7-4-2-1-3-5-8-14/h14-15,17H,1-13H2/t15-/m1/s1. The Morgan fingerprint density at radius 3 is 2.18 bits per heavy atom. The molecule has 0 aromatic carbocycles. The van der Waals surface area contributed by atoms with E-state index in [9.17, 15) is 5.11 Å². The zero-order chi connectivity index (χ0) is 11.9. The van der Waals surface area contributed by atoms with Crippen molar-refractivity contribution in [2.75, 3.05) is 26.2 Å². The van der Waals surface area contributed by atoms with Crippen molar-refractivity contribution in [3.63, 3.8) is 0 Å². The molecular formula is C15H29NO. The summed E-state index contributed by atoms with van der Waals surface area (Å²) >= 11 is 0. The van der Waals surface area contributed by atoms with Gasteiger partial charge in [0.15, 0.2) is 0 Å². The Morgan fingerprint density at radius 2 is 1.47 bits per heavy atom. The third-order valence-corrected chi connectivity index (χ3v) is 4.60. The average Bonchev–Trinajstić information content (AvgIpc) is 2.33. The fraction of sp³-hybridized carbons (Fsp3) is 1.00. The van der Waals surface area contributed by atoms with Crippen molar-refractivity contribution in [2.24, 2.45) is 11.8 Å². The summed E-state index contributed by atoms with van der Waals surface area (Å²) in [6.45, 7) is 4.11. The lowest BCUT2D eigenvalue weighted by Crippen LogP contribution is -2.39. The van der Waals surface area contributed by atoms with Crippen LogP contribution < -0.4 is 0 Å². The first kappa shape index (κ1) is 13.4. The zero-order valence-corrected chi connectivity index (χ0v) is 11.2. The minimum absolute atomic E-state index is 0.390. The number of rotatable bonds is 3. The molecule has 2 aliphatic rings. The first-order chi connectivity index (χ1) is 8.38. The molecule has 100 valence electrons. The molecule has 1 N–H and O–H groups in total. The highest BCUT2D eigenvalue weighted by molar-refractivity contribution is 4.75. The largest absolute Gasteiger partial charge is 0.396 e. The maximum absolute atomic E-state index is 9.27.